The highest BCUT2D eigenvalue weighted by Crippen LogP contribution is 2.32. The highest BCUT2D eigenvalue weighted by atomic mass is 32.1. The fourth-order valence-electron chi connectivity index (χ4n) is 3.34. The predicted molar refractivity (Wildman–Crippen MR) is 99.4 cm³/mol. The Hall–Kier alpha value is -1.73. The number of carbonyl (C=O) groups excluding carboxylic acids is 2. The topological polar surface area (TPSA) is 53.5 Å². The summed E-state index contributed by atoms with van der Waals surface area (Å²) < 4.78 is 0. The number of hydrogen-bond acceptors (Lipinski definition) is 5. The Balaban J connectivity index is 1.38. The van der Waals surface area contributed by atoms with E-state index in [1.807, 2.05) is 28.8 Å². The van der Waals surface area contributed by atoms with Crippen LogP contribution in [-0.2, 0) is 16.1 Å². The smallest absolute Gasteiger partial charge is 0.227 e. The van der Waals surface area contributed by atoms with Crippen molar-refractivity contribution in [2.24, 2.45) is 5.92 Å². The molecule has 1 atom stereocenters. The van der Waals surface area contributed by atoms with Crippen molar-refractivity contribution in [1.82, 2.24) is 14.8 Å². The molecular formula is C18H21N3O2S2. The lowest BCUT2D eigenvalue weighted by molar-refractivity contribution is -0.143. The summed E-state index contributed by atoms with van der Waals surface area (Å²) in [4.78, 5) is 34.3. The number of carbonyl (C=O) groups is 2. The third-order valence-electron chi connectivity index (χ3n) is 4.84. The van der Waals surface area contributed by atoms with E-state index in [1.54, 1.807) is 27.6 Å². The first kappa shape index (κ1) is 16.7. The van der Waals surface area contributed by atoms with Crippen LogP contribution >= 0.6 is 22.7 Å². The van der Waals surface area contributed by atoms with Gasteiger partial charge < -0.3 is 9.80 Å². The zero-order chi connectivity index (χ0) is 17.4. The van der Waals surface area contributed by atoms with Crippen molar-refractivity contribution >= 4 is 34.5 Å². The fourth-order valence-corrected chi connectivity index (χ4v) is 4.96. The van der Waals surface area contributed by atoms with E-state index < -0.39 is 0 Å². The molecule has 3 heterocycles. The lowest BCUT2D eigenvalue weighted by Gasteiger charge is -2.33. The summed E-state index contributed by atoms with van der Waals surface area (Å²) in [5.41, 5.74) is 0.926. The van der Waals surface area contributed by atoms with Gasteiger partial charge in [-0.25, -0.2) is 4.98 Å². The number of nitrogens with zero attached hydrogens (tertiary/aromatic N) is 3. The van der Waals surface area contributed by atoms with Crippen LogP contribution in [0.2, 0.25) is 0 Å². The quantitative estimate of drug-likeness (QED) is 0.806. The molecule has 2 amide bonds. The summed E-state index contributed by atoms with van der Waals surface area (Å²) in [5, 5.41) is 5.08. The van der Waals surface area contributed by atoms with Gasteiger partial charge in [0.2, 0.25) is 11.8 Å². The normalized spacial score (nSPS) is 20.8. The molecule has 0 unspecified atom stereocenters. The Morgan fingerprint density at radius 3 is 2.92 bits per heavy atom. The Morgan fingerprint density at radius 1 is 1.36 bits per heavy atom. The summed E-state index contributed by atoms with van der Waals surface area (Å²) in [6.07, 6.45) is 3.35. The molecule has 1 saturated heterocycles. The van der Waals surface area contributed by atoms with Crippen molar-refractivity contribution in [2.45, 2.75) is 38.3 Å². The van der Waals surface area contributed by atoms with Gasteiger partial charge in [-0.05, 0) is 30.7 Å². The zero-order valence-electron chi connectivity index (χ0n) is 14.2. The first-order valence-electron chi connectivity index (χ1n) is 8.64. The van der Waals surface area contributed by atoms with Crippen LogP contribution in [0, 0.1) is 5.92 Å². The second-order valence-corrected chi connectivity index (χ2v) is 8.63. The van der Waals surface area contributed by atoms with E-state index in [0.29, 0.717) is 32.0 Å². The molecule has 2 fully saturated rings. The van der Waals surface area contributed by atoms with Gasteiger partial charge in [0, 0.05) is 31.4 Å². The molecule has 0 bridgehead atoms. The molecule has 5 nitrogen and oxygen atoms in total. The van der Waals surface area contributed by atoms with Crippen LogP contribution in [0.1, 0.15) is 31.4 Å². The summed E-state index contributed by atoms with van der Waals surface area (Å²) >= 11 is 3.29. The minimum atomic E-state index is -0.0706. The Kier molecular flexibility index (Phi) is 4.60. The molecular weight excluding hydrogens is 354 g/mol. The van der Waals surface area contributed by atoms with Gasteiger partial charge in [0.05, 0.1) is 23.0 Å². The molecule has 25 heavy (non-hydrogen) atoms. The molecule has 0 spiro atoms. The van der Waals surface area contributed by atoms with Crippen LogP contribution in [0.4, 0.5) is 0 Å². The van der Waals surface area contributed by atoms with Gasteiger partial charge in [0.25, 0.3) is 0 Å². The minimum absolute atomic E-state index is 0.0706. The predicted octanol–water partition coefficient (Wildman–Crippen LogP) is 3.23. The van der Waals surface area contributed by atoms with Crippen molar-refractivity contribution in [3.05, 3.63) is 28.6 Å². The van der Waals surface area contributed by atoms with E-state index in [0.717, 1.165) is 28.4 Å². The molecule has 2 aromatic heterocycles. The van der Waals surface area contributed by atoms with Crippen molar-refractivity contribution in [1.29, 1.82) is 0 Å². The maximum Gasteiger partial charge on any atom is 0.227 e. The molecule has 2 aliphatic rings. The number of aromatic nitrogens is 1. The van der Waals surface area contributed by atoms with Crippen molar-refractivity contribution in [3.8, 4) is 9.88 Å². The summed E-state index contributed by atoms with van der Waals surface area (Å²) in [7, 11) is 1.84. The molecule has 0 aromatic carbocycles. The SMILES string of the molecule is CN(Cc1csc(-c2cccs2)n1)C(=O)[C@H]1CCC(=O)N(C2CC2)C1. The van der Waals surface area contributed by atoms with E-state index >= 15 is 0 Å². The average Bonchev–Trinajstić information content (AvgIpc) is 3.10. The largest absolute Gasteiger partial charge is 0.340 e. The Labute approximate surface area is 155 Å². The average molecular weight is 376 g/mol. The first-order valence-corrected chi connectivity index (χ1v) is 10.4. The van der Waals surface area contributed by atoms with Crippen molar-refractivity contribution in [3.63, 3.8) is 0 Å². The highest BCUT2D eigenvalue weighted by molar-refractivity contribution is 7.20. The monoisotopic (exact) mass is 375 g/mol. The van der Waals surface area contributed by atoms with Gasteiger partial charge in [-0.1, -0.05) is 6.07 Å². The van der Waals surface area contributed by atoms with E-state index in [4.69, 9.17) is 0 Å². The Bertz CT molecular complexity index is 767. The molecule has 1 aliphatic carbocycles. The third kappa shape index (κ3) is 3.62. The van der Waals surface area contributed by atoms with Crippen LogP contribution in [0.5, 0.6) is 0 Å². The number of thiazole rings is 1. The standard InChI is InChI=1S/C18H21N3O2S2/c1-20(10-13-11-25-17(19-13)15-3-2-8-24-15)18(23)12-4-7-16(22)21(9-12)14-5-6-14/h2-3,8,11-12,14H,4-7,9-10H2,1H3/t12-/m0/s1. The molecule has 0 radical (unpaired) electrons. The summed E-state index contributed by atoms with van der Waals surface area (Å²) in [6.45, 7) is 1.11. The fraction of sp³-hybridized carbons (Fsp3) is 0.500. The van der Waals surface area contributed by atoms with Gasteiger partial charge in [0.1, 0.15) is 5.01 Å². The molecule has 1 aliphatic heterocycles. The minimum Gasteiger partial charge on any atom is -0.340 e. The van der Waals surface area contributed by atoms with E-state index in [9.17, 15) is 9.59 Å². The number of piperidine rings is 1. The Morgan fingerprint density at radius 2 is 2.20 bits per heavy atom. The first-order chi connectivity index (χ1) is 12.1. The zero-order valence-corrected chi connectivity index (χ0v) is 15.8. The van der Waals surface area contributed by atoms with Crippen LogP contribution in [0.3, 0.4) is 0 Å². The summed E-state index contributed by atoms with van der Waals surface area (Å²) in [5.74, 6) is 0.275. The molecule has 4 rings (SSSR count). The maximum atomic E-state index is 12.8. The lowest BCUT2D eigenvalue weighted by Crippen LogP contribution is -2.46. The highest BCUT2D eigenvalue weighted by Gasteiger charge is 2.39. The van der Waals surface area contributed by atoms with Crippen molar-refractivity contribution in [2.75, 3.05) is 13.6 Å². The molecule has 132 valence electrons. The van der Waals surface area contributed by atoms with E-state index in [-0.39, 0.29) is 17.7 Å². The molecule has 0 N–H and O–H groups in total. The summed E-state index contributed by atoms with van der Waals surface area (Å²) in [6, 6.07) is 4.47. The number of thiophene rings is 1. The molecule has 7 heteroatoms. The number of likely N-dealkylation sites (tertiary alicyclic amines) is 1. The molecule has 2 aromatic rings. The van der Waals surface area contributed by atoms with Gasteiger partial charge in [0.15, 0.2) is 0 Å². The van der Waals surface area contributed by atoms with E-state index in [2.05, 4.69) is 11.1 Å². The van der Waals surface area contributed by atoms with Crippen LogP contribution in [0.25, 0.3) is 9.88 Å². The second-order valence-electron chi connectivity index (χ2n) is 6.83. The van der Waals surface area contributed by atoms with Crippen LogP contribution < -0.4 is 0 Å². The lowest BCUT2D eigenvalue weighted by atomic mass is 9.96. The molecule has 1 saturated carbocycles. The van der Waals surface area contributed by atoms with Gasteiger partial charge in [-0.3, -0.25) is 9.59 Å². The van der Waals surface area contributed by atoms with Crippen molar-refractivity contribution < 1.29 is 9.59 Å². The number of hydrogen-bond donors (Lipinski definition) is 0. The van der Waals surface area contributed by atoms with Gasteiger partial charge in [-0.2, -0.15) is 0 Å². The van der Waals surface area contributed by atoms with Gasteiger partial charge >= 0.3 is 0 Å². The maximum absolute atomic E-state index is 12.8. The van der Waals surface area contributed by atoms with E-state index in [1.165, 1.54) is 0 Å². The van der Waals surface area contributed by atoms with Crippen LogP contribution in [-0.4, -0.2) is 46.2 Å². The number of rotatable bonds is 5. The second kappa shape index (κ2) is 6.88. The number of amides is 2. The third-order valence-corrected chi connectivity index (χ3v) is 6.77. The van der Waals surface area contributed by atoms with Crippen LogP contribution in [0.15, 0.2) is 22.9 Å². The van der Waals surface area contributed by atoms with Gasteiger partial charge in [-0.15, -0.1) is 22.7 Å².